The maximum Gasteiger partial charge on any atom is 0.161 e. The van der Waals surface area contributed by atoms with E-state index in [2.05, 4.69) is 126 Å². The first kappa shape index (κ1) is 27.2. The van der Waals surface area contributed by atoms with Gasteiger partial charge in [0, 0.05) is 63.1 Å². The van der Waals surface area contributed by atoms with Crippen molar-refractivity contribution >= 4 is 43.6 Å². The molecule has 0 atom stereocenters. The highest BCUT2D eigenvalue weighted by Gasteiger charge is 2.20. The fraction of sp³-hybridized carbons (Fsp3) is 0. The number of benzene rings is 5. The van der Waals surface area contributed by atoms with E-state index < -0.39 is 0 Å². The van der Waals surface area contributed by atoms with Crippen LogP contribution in [0.2, 0.25) is 0 Å². The number of hydrogen-bond donors (Lipinski definition) is 0. The molecule has 0 spiro atoms. The first-order valence-corrected chi connectivity index (χ1v) is 15.3. The van der Waals surface area contributed by atoms with Gasteiger partial charge in [0.25, 0.3) is 0 Å². The van der Waals surface area contributed by atoms with Gasteiger partial charge >= 0.3 is 0 Å². The van der Waals surface area contributed by atoms with Crippen molar-refractivity contribution in [3.05, 3.63) is 145 Å². The minimum atomic E-state index is 0.376. The maximum absolute atomic E-state index is 9.41. The molecule has 0 aliphatic rings. The molecule has 9 rings (SSSR count). The molecule has 8 nitrogen and oxygen atoms in total. The molecule has 0 saturated heterocycles. The zero-order valence-electron chi connectivity index (χ0n) is 25.3. The summed E-state index contributed by atoms with van der Waals surface area (Å²) in [4.78, 5) is 18.0. The van der Waals surface area contributed by atoms with Gasteiger partial charge in [-0.15, -0.1) is 0 Å². The predicted molar refractivity (Wildman–Crippen MR) is 187 cm³/mol. The lowest BCUT2D eigenvalue weighted by molar-refractivity contribution is 1.12. The Bertz CT molecular complexity index is 2740. The quantitative estimate of drug-likeness (QED) is 0.197. The summed E-state index contributed by atoms with van der Waals surface area (Å²) in [5, 5.41) is 23.3. The van der Waals surface area contributed by atoms with Gasteiger partial charge in [-0.3, -0.25) is 0 Å². The molecule has 0 aliphatic heterocycles. The smallest absolute Gasteiger partial charge is 0.161 e. The molecular formula is C40H22N8. The minimum absolute atomic E-state index is 0.376. The van der Waals surface area contributed by atoms with Crippen LogP contribution < -0.4 is 0 Å². The summed E-state index contributed by atoms with van der Waals surface area (Å²) in [7, 11) is 0. The van der Waals surface area contributed by atoms with Crippen LogP contribution in [0.25, 0.3) is 77.8 Å². The summed E-state index contributed by atoms with van der Waals surface area (Å²) in [6, 6.07) is 42.2. The van der Waals surface area contributed by atoms with Crippen molar-refractivity contribution in [2.45, 2.75) is 0 Å². The second-order valence-electron chi connectivity index (χ2n) is 11.5. The van der Waals surface area contributed by atoms with Crippen LogP contribution in [0.15, 0.2) is 134 Å². The van der Waals surface area contributed by atoms with Gasteiger partial charge < -0.3 is 9.13 Å². The molecule has 0 radical (unpaired) electrons. The number of fused-ring (bicyclic) bond motifs is 6. The third-order valence-corrected chi connectivity index (χ3v) is 8.79. The first-order chi connectivity index (χ1) is 23.7. The Balaban J connectivity index is 1.30. The van der Waals surface area contributed by atoms with Crippen LogP contribution in [0.5, 0.6) is 0 Å². The van der Waals surface area contributed by atoms with Crippen LogP contribution in [-0.2, 0) is 0 Å². The second-order valence-corrected chi connectivity index (χ2v) is 11.5. The normalized spacial score (nSPS) is 11.3. The van der Waals surface area contributed by atoms with Crippen molar-refractivity contribution in [2.75, 3.05) is 0 Å². The molecule has 4 aromatic heterocycles. The van der Waals surface area contributed by atoms with Gasteiger partial charge in [0.1, 0.15) is 12.1 Å². The molecule has 4 heterocycles. The van der Waals surface area contributed by atoms with Crippen LogP contribution in [0.1, 0.15) is 11.1 Å². The topological polar surface area (TPSA) is 109 Å². The number of para-hydroxylation sites is 3. The highest BCUT2D eigenvalue weighted by atomic mass is 15.0. The lowest BCUT2D eigenvalue weighted by Gasteiger charge is -2.15. The summed E-state index contributed by atoms with van der Waals surface area (Å²) >= 11 is 0. The van der Waals surface area contributed by atoms with Crippen molar-refractivity contribution < 1.29 is 0 Å². The van der Waals surface area contributed by atoms with Gasteiger partial charge in [0.2, 0.25) is 0 Å². The lowest BCUT2D eigenvalue weighted by atomic mass is 10.1. The van der Waals surface area contributed by atoms with Crippen LogP contribution in [0.3, 0.4) is 0 Å². The van der Waals surface area contributed by atoms with E-state index in [1.165, 1.54) is 35.6 Å². The van der Waals surface area contributed by atoms with Gasteiger partial charge in [0.05, 0.1) is 38.9 Å². The molecule has 8 heteroatoms. The van der Waals surface area contributed by atoms with Crippen LogP contribution >= 0.6 is 0 Å². The zero-order valence-corrected chi connectivity index (χ0v) is 25.3. The maximum atomic E-state index is 9.41. The Morgan fingerprint density at radius 2 is 0.958 bits per heavy atom. The molecule has 9 aromatic rings. The first-order valence-electron chi connectivity index (χ1n) is 15.3. The van der Waals surface area contributed by atoms with E-state index in [9.17, 15) is 10.5 Å². The number of nitriles is 2. The van der Waals surface area contributed by atoms with E-state index >= 15 is 0 Å². The Kier molecular flexibility index (Phi) is 6.07. The molecular weight excluding hydrogens is 592 g/mol. The van der Waals surface area contributed by atoms with Crippen molar-refractivity contribution in [1.82, 2.24) is 29.1 Å². The number of rotatable bonds is 4. The van der Waals surface area contributed by atoms with Crippen LogP contribution in [0, 0.1) is 22.7 Å². The van der Waals surface area contributed by atoms with E-state index in [0.717, 1.165) is 55.3 Å². The molecule has 0 fully saturated rings. The molecule has 0 saturated carbocycles. The predicted octanol–water partition coefficient (Wildman–Crippen LogP) is 8.54. The number of aromatic nitrogens is 6. The number of nitrogens with zero attached hydrogens (tertiary/aromatic N) is 8. The molecule has 0 unspecified atom stereocenters. The highest BCUT2D eigenvalue weighted by molar-refractivity contribution is 6.12. The van der Waals surface area contributed by atoms with Gasteiger partial charge in [-0.05, 0) is 54.6 Å². The molecule has 222 valence electrons. The molecule has 0 bridgehead atoms. The third-order valence-electron chi connectivity index (χ3n) is 8.79. The minimum Gasteiger partial charge on any atom is -0.309 e. The summed E-state index contributed by atoms with van der Waals surface area (Å²) in [5.41, 5.74) is 8.57. The highest BCUT2D eigenvalue weighted by Crippen LogP contribution is 2.39. The Morgan fingerprint density at radius 1 is 0.458 bits per heavy atom. The molecule has 0 amide bonds. The van der Waals surface area contributed by atoms with Crippen molar-refractivity contribution in [3.8, 4) is 46.3 Å². The largest absolute Gasteiger partial charge is 0.309 e. The summed E-state index contributed by atoms with van der Waals surface area (Å²) in [6.45, 7) is 0. The SMILES string of the molecule is N#Cc1cnc(-c2ccc(-n3c4ccccc4c4cc(-n5c6ccccc6c6ccccc65)ccc43)c(-c3ncc(C#N)cn3)c2)nc1. The fourth-order valence-corrected chi connectivity index (χ4v) is 6.67. The average Bonchev–Trinajstić information content (AvgIpc) is 3.67. The third kappa shape index (κ3) is 4.14. The Morgan fingerprint density at radius 3 is 1.54 bits per heavy atom. The molecule has 0 aliphatic carbocycles. The fourth-order valence-electron chi connectivity index (χ4n) is 6.67. The molecule has 48 heavy (non-hydrogen) atoms. The number of hydrogen-bond acceptors (Lipinski definition) is 6. The average molecular weight is 615 g/mol. The summed E-state index contributed by atoms with van der Waals surface area (Å²) in [5.74, 6) is 0.945. The van der Waals surface area contributed by atoms with Gasteiger partial charge in [-0.25, -0.2) is 19.9 Å². The van der Waals surface area contributed by atoms with Crippen molar-refractivity contribution in [1.29, 1.82) is 10.5 Å². The van der Waals surface area contributed by atoms with Crippen molar-refractivity contribution in [2.24, 2.45) is 0 Å². The van der Waals surface area contributed by atoms with E-state index in [1.54, 1.807) is 0 Å². The molecule has 5 aromatic carbocycles. The monoisotopic (exact) mass is 614 g/mol. The van der Waals surface area contributed by atoms with E-state index in [-0.39, 0.29) is 0 Å². The van der Waals surface area contributed by atoms with E-state index in [4.69, 9.17) is 0 Å². The van der Waals surface area contributed by atoms with Gasteiger partial charge in [0.15, 0.2) is 11.6 Å². The second kappa shape index (κ2) is 10.7. The standard InChI is InChI=1S/C40H22N8/c41-19-25-21-43-39(44-22-25)27-13-15-38(33(17-27)40-45-23-26(20-42)24-46-40)48-36-12-6-3-9-31(36)32-18-28(14-16-37(32)48)47-34-10-4-1-7-29(34)30-8-2-5-11-35(30)47/h1-18,21-24H. The van der Waals surface area contributed by atoms with E-state index in [0.29, 0.717) is 22.8 Å². The van der Waals surface area contributed by atoms with Gasteiger partial charge in [-0.1, -0.05) is 54.6 Å². The van der Waals surface area contributed by atoms with Crippen LogP contribution in [0.4, 0.5) is 0 Å². The Labute approximate surface area is 274 Å². The van der Waals surface area contributed by atoms with Gasteiger partial charge in [-0.2, -0.15) is 10.5 Å². The Hall–Kier alpha value is -7.16. The van der Waals surface area contributed by atoms with E-state index in [1.807, 2.05) is 24.3 Å². The zero-order chi connectivity index (χ0) is 32.2. The van der Waals surface area contributed by atoms with Crippen molar-refractivity contribution in [3.63, 3.8) is 0 Å². The summed E-state index contributed by atoms with van der Waals surface area (Å²) in [6.07, 6.45) is 6.08. The summed E-state index contributed by atoms with van der Waals surface area (Å²) < 4.78 is 4.57. The molecule has 0 N–H and O–H groups in total. The van der Waals surface area contributed by atoms with Crippen LogP contribution in [-0.4, -0.2) is 29.1 Å². The lowest BCUT2D eigenvalue weighted by Crippen LogP contribution is -2.01.